The van der Waals surface area contributed by atoms with Gasteiger partial charge in [0, 0.05) is 5.69 Å². The van der Waals surface area contributed by atoms with E-state index in [1.165, 1.54) is 12.1 Å². The summed E-state index contributed by atoms with van der Waals surface area (Å²) < 4.78 is 0. The van der Waals surface area contributed by atoms with E-state index in [1.54, 1.807) is 6.07 Å². The minimum atomic E-state index is -0.953. The molecule has 0 saturated carbocycles. The molecule has 0 radical (unpaired) electrons. The lowest BCUT2D eigenvalue weighted by molar-refractivity contribution is -0.134. The summed E-state index contributed by atoms with van der Waals surface area (Å²) in [7, 11) is 0. The maximum Gasteiger partial charge on any atom is 0.322 e. The summed E-state index contributed by atoms with van der Waals surface area (Å²) in [4.78, 5) is 10.2. The van der Waals surface area contributed by atoms with Crippen LogP contribution in [0.25, 0.3) is 0 Å². The van der Waals surface area contributed by atoms with Crippen molar-refractivity contribution in [2.24, 2.45) is 0 Å². The molecule has 0 bridgehead atoms. The van der Waals surface area contributed by atoms with Crippen LogP contribution in [0.3, 0.4) is 0 Å². The molecule has 0 aliphatic heterocycles. The van der Waals surface area contributed by atoms with E-state index in [0.717, 1.165) is 0 Å². The normalized spacial score (nSPS) is 9.14. The number of carbonyl (C=O) groups is 1. The summed E-state index contributed by atoms with van der Waals surface area (Å²) in [5.41, 5.74) is 0.948. The number of hydrogen-bond donors (Lipinski definition) is 2. The molecule has 0 aliphatic carbocycles. The van der Waals surface area contributed by atoms with Crippen LogP contribution in [0.2, 0.25) is 5.02 Å². The third-order valence-corrected chi connectivity index (χ3v) is 1.85. The van der Waals surface area contributed by atoms with Crippen LogP contribution in [0.5, 0.6) is 0 Å². The molecule has 0 amide bonds. The maximum absolute atomic E-state index is 10.2. The van der Waals surface area contributed by atoms with Crippen molar-refractivity contribution in [3.8, 4) is 6.07 Å². The second kappa shape index (κ2) is 4.49. The lowest BCUT2D eigenvalue weighted by Crippen LogP contribution is -2.12. The molecule has 0 unspecified atom stereocenters. The topological polar surface area (TPSA) is 73.1 Å². The van der Waals surface area contributed by atoms with Crippen LogP contribution < -0.4 is 5.32 Å². The number of carboxylic acid groups (broad SMARTS) is 1. The van der Waals surface area contributed by atoms with E-state index >= 15 is 0 Å². The summed E-state index contributed by atoms with van der Waals surface area (Å²) >= 11 is 5.73. The number of aliphatic carboxylic acids is 1. The molecule has 1 aromatic rings. The van der Waals surface area contributed by atoms with Gasteiger partial charge in [-0.1, -0.05) is 11.6 Å². The minimum absolute atomic E-state index is 0.178. The van der Waals surface area contributed by atoms with E-state index in [-0.39, 0.29) is 6.54 Å². The molecule has 14 heavy (non-hydrogen) atoms. The Labute approximate surface area is 85.7 Å². The molecule has 72 valence electrons. The maximum atomic E-state index is 10.2. The van der Waals surface area contributed by atoms with Crippen molar-refractivity contribution in [2.75, 3.05) is 11.9 Å². The first kappa shape index (κ1) is 10.4. The van der Waals surface area contributed by atoms with Gasteiger partial charge in [-0.3, -0.25) is 4.79 Å². The number of carboxylic acids is 1. The summed E-state index contributed by atoms with van der Waals surface area (Å²) in [5, 5.41) is 19.9. The molecule has 0 heterocycles. The van der Waals surface area contributed by atoms with Gasteiger partial charge in [0.15, 0.2) is 0 Å². The van der Waals surface area contributed by atoms with Crippen molar-refractivity contribution >= 4 is 23.3 Å². The van der Waals surface area contributed by atoms with Crippen molar-refractivity contribution in [1.29, 1.82) is 5.26 Å². The van der Waals surface area contributed by atoms with Crippen LogP contribution in [0.15, 0.2) is 18.2 Å². The van der Waals surface area contributed by atoms with Crippen molar-refractivity contribution in [3.63, 3.8) is 0 Å². The largest absolute Gasteiger partial charge is 0.480 e. The highest BCUT2D eigenvalue weighted by Crippen LogP contribution is 2.19. The standard InChI is InChI=1S/C9H7ClN2O2/c10-8-3-7(12-5-9(13)14)2-1-6(8)4-11/h1-3,12H,5H2,(H,13,14). The average Bonchev–Trinajstić information content (AvgIpc) is 2.15. The number of nitrogens with one attached hydrogen (secondary N) is 1. The third-order valence-electron chi connectivity index (χ3n) is 1.53. The highest BCUT2D eigenvalue weighted by molar-refractivity contribution is 6.32. The molecule has 1 aromatic carbocycles. The first-order valence-electron chi connectivity index (χ1n) is 3.79. The molecule has 5 heteroatoms. The highest BCUT2D eigenvalue weighted by atomic mass is 35.5. The fourth-order valence-electron chi connectivity index (χ4n) is 0.893. The minimum Gasteiger partial charge on any atom is -0.480 e. The summed E-state index contributed by atoms with van der Waals surface area (Å²) in [6.07, 6.45) is 0. The Morgan fingerprint density at radius 3 is 2.86 bits per heavy atom. The van der Waals surface area contributed by atoms with Gasteiger partial charge >= 0.3 is 5.97 Å². The Morgan fingerprint density at radius 1 is 1.64 bits per heavy atom. The van der Waals surface area contributed by atoms with Crippen LogP contribution in [-0.2, 0) is 4.79 Å². The van der Waals surface area contributed by atoms with Gasteiger partial charge in [-0.15, -0.1) is 0 Å². The van der Waals surface area contributed by atoms with E-state index in [2.05, 4.69) is 5.32 Å². The Hall–Kier alpha value is -1.73. The van der Waals surface area contributed by atoms with Crippen molar-refractivity contribution in [2.45, 2.75) is 0 Å². The van der Waals surface area contributed by atoms with Gasteiger partial charge in [-0.2, -0.15) is 5.26 Å². The first-order chi connectivity index (χ1) is 6.63. The zero-order valence-corrected chi connectivity index (χ0v) is 7.88. The lowest BCUT2D eigenvalue weighted by Gasteiger charge is -2.03. The first-order valence-corrected chi connectivity index (χ1v) is 4.16. The number of rotatable bonds is 3. The zero-order valence-electron chi connectivity index (χ0n) is 7.12. The van der Waals surface area contributed by atoms with E-state index in [9.17, 15) is 4.79 Å². The van der Waals surface area contributed by atoms with Crippen molar-refractivity contribution < 1.29 is 9.90 Å². The van der Waals surface area contributed by atoms with E-state index in [1.807, 2.05) is 6.07 Å². The molecule has 4 nitrogen and oxygen atoms in total. The van der Waals surface area contributed by atoms with Gasteiger partial charge in [-0.25, -0.2) is 0 Å². The summed E-state index contributed by atoms with van der Waals surface area (Å²) in [6, 6.07) is 6.57. The van der Waals surface area contributed by atoms with E-state index in [4.69, 9.17) is 22.0 Å². The second-order valence-electron chi connectivity index (χ2n) is 2.55. The number of anilines is 1. The fraction of sp³-hybridized carbons (Fsp3) is 0.111. The monoisotopic (exact) mass is 210 g/mol. The molecule has 0 atom stereocenters. The Balaban J connectivity index is 2.77. The van der Waals surface area contributed by atoms with Gasteiger partial charge in [0.1, 0.15) is 12.6 Å². The predicted octanol–water partition coefficient (Wildman–Crippen LogP) is 1.71. The molecular weight excluding hydrogens is 204 g/mol. The number of benzene rings is 1. The molecule has 0 aromatic heterocycles. The van der Waals surface area contributed by atoms with Crippen molar-refractivity contribution in [1.82, 2.24) is 0 Å². The molecule has 1 rings (SSSR count). The lowest BCUT2D eigenvalue weighted by atomic mass is 10.2. The van der Waals surface area contributed by atoms with E-state index in [0.29, 0.717) is 16.3 Å². The molecular formula is C9H7ClN2O2. The van der Waals surface area contributed by atoms with Crippen molar-refractivity contribution in [3.05, 3.63) is 28.8 Å². The highest BCUT2D eigenvalue weighted by Gasteiger charge is 2.01. The molecule has 0 fully saturated rings. The second-order valence-corrected chi connectivity index (χ2v) is 2.96. The Kier molecular flexibility index (Phi) is 3.32. The van der Waals surface area contributed by atoms with Gasteiger partial charge in [0.2, 0.25) is 0 Å². The smallest absolute Gasteiger partial charge is 0.322 e. The quantitative estimate of drug-likeness (QED) is 0.797. The summed E-state index contributed by atoms with van der Waals surface area (Å²) in [6.45, 7) is -0.178. The number of nitrogens with zero attached hydrogens (tertiary/aromatic N) is 1. The Bertz CT molecular complexity index is 398. The van der Waals surface area contributed by atoms with Gasteiger partial charge < -0.3 is 10.4 Å². The average molecular weight is 211 g/mol. The fourth-order valence-corrected chi connectivity index (χ4v) is 1.12. The Morgan fingerprint density at radius 2 is 2.36 bits per heavy atom. The predicted molar refractivity (Wildman–Crippen MR) is 52.3 cm³/mol. The van der Waals surface area contributed by atoms with Gasteiger partial charge in [0.05, 0.1) is 10.6 Å². The van der Waals surface area contributed by atoms with Crippen LogP contribution in [0.1, 0.15) is 5.56 Å². The third kappa shape index (κ3) is 2.64. The molecule has 2 N–H and O–H groups in total. The van der Waals surface area contributed by atoms with E-state index < -0.39 is 5.97 Å². The summed E-state index contributed by atoms with van der Waals surface area (Å²) in [5.74, 6) is -0.953. The zero-order chi connectivity index (χ0) is 10.6. The number of nitriles is 1. The number of hydrogen-bond acceptors (Lipinski definition) is 3. The molecule has 0 spiro atoms. The SMILES string of the molecule is N#Cc1ccc(NCC(=O)O)cc1Cl. The van der Waals surface area contributed by atoms with Gasteiger partial charge in [-0.05, 0) is 18.2 Å². The molecule has 0 aliphatic rings. The van der Waals surface area contributed by atoms with Crippen LogP contribution in [0, 0.1) is 11.3 Å². The van der Waals surface area contributed by atoms with Crippen LogP contribution >= 0.6 is 11.6 Å². The van der Waals surface area contributed by atoms with Gasteiger partial charge in [0.25, 0.3) is 0 Å². The van der Waals surface area contributed by atoms with Crippen LogP contribution in [-0.4, -0.2) is 17.6 Å². The molecule has 0 saturated heterocycles. The van der Waals surface area contributed by atoms with Crippen LogP contribution in [0.4, 0.5) is 5.69 Å². The number of halogens is 1.